The highest BCUT2D eigenvalue weighted by atomic mass is 19.4. The second-order valence-corrected chi connectivity index (χ2v) is 8.54. The number of cyclic esters (lactones) is 1. The second-order valence-electron chi connectivity index (χ2n) is 8.54. The van der Waals surface area contributed by atoms with Crippen molar-refractivity contribution in [3.8, 4) is 11.4 Å². The summed E-state index contributed by atoms with van der Waals surface area (Å²) in [5.74, 6) is -0.700. The Kier molecular flexibility index (Phi) is 5.57. The maximum atomic E-state index is 13.6. The van der Waals surface area contributed by atoms with Crippen molar-refractivity contribution in [2.45, 2.75) is 31.7 Å². The third kappa shape index (κ3) is 4.01. The van der Waals surface area contributed by atoms with Crippen molar-refractivity contribution in [2.75, 3.05) is 11.9 Å². The number of hydrogen-bond acceptors (Lipinski definition) is 6. The van der Waals surface area contributed by atoms with Gasteiger partial charge in [-0.3, -0.25) is 14.3 Å². The van der Waals surface area contributed by atoms with Crippen LogP contribution >= 0.6 is 0 Å². The first-order valence-corrected chi connectivity index (χ1v) is 11.0. The first-order chi connectivity index (χ1) is 17.5. The Hall–Kier alpha value is -4.55. The first-order valence-electron chi connectivity index (χ1n) is 11.0. The Bertz CT molecular complexity index is 1580. The number of fused-ring (bicyclic) bond motifs is 2. The van der Waals surface area contributed by atoms with Gasteiger partial charge in [0.25, 0.3) is 5.56 Å². The van der Waals surface area contributed by atoms with Crippen molar-refractivity contribution in [1.29, 1.82) is 0 Å². The van der Waals surface area contributed by atoms with Gasteiger partial charge in [0.1, 0.15) is 6.61 Å². The van der Waals surface area contributed by atoms with Gasteiger partial charge in [0, 0.05) is 12.6 Å². The molecule has 0 radical (unpaired) electrons. The van der Waals surface area contributed by atoms with Crippen LogP contribution in [0.1, 0.15) is 34.7 Å². The summed E-state index contributed by atoms with van der Waals surface area (Å²) in [6, 6.07) is 7.00. The molecule has 2 aromatic carbocycles. The summed E-state index contributed by atoms with van der Waals surface area (Å²) in [5, 5.41) is 9.14. The number of rotatable bonds is 3. The van der Waals surface area contributed by atoms with E-state index < -0.39 is 47.0 Å². The lowest BCUT2D eigenvalue weighted by atomic mass is 10.0. The van der Waals surface area contributed by atoms with Crippen molar-refractivity contribution in [3.05, 3.63) is 85.7 Å². The Balaban J connectivity index is 1.70. The molecule has 1 aromatic heterocycles. The molecule has 5 rings (SSSR count). The highest BCUT2D eigenvalue weighted by molar-refractivity contribution is 5.90. The van der Waals surface area contributed by atoms with Crippen LogP contribution in [0, 0.1) is 0 Å². The molecule has 13 heteroatoms. The number of alkyl halides is 3. The number of carbonyl (C=O) groups excluding carboxylic acids is 1. The van der Waals surface area contributed by atoms with E-state index in [1.165, 1.54) is 36.2 Å². The average Bonchev–Trinajstić information content (AvgIpc) is 3.26. The number of aromatic nitrogens is 2. The fourth-order valence-corrected chi connectivity index (χ4v) is 4.84. The molecule has 1 aliphatic carbocycles. The van der Waals surface area contributed by atoms with Crippen LogP contribution in [-0.4, -0.2) is 33.5 Å². The van der Waals surface area contributed by atoms with Crippen LogP contribution in [0.4, 0.5) is 28.4 Å². The highest BCUT2D eigenvalue weighted by Crippen LogP contribution is 2.41. The van der Waals surface area contributed by atoms with Crippen LogP contribution in [0.25, 0.3) is 5.69 Å². The number of carbonyl (C=O) groups is 2. The number of nitrogens with zero attached hydrogens (tertiary/aromatic N) is 3. The molecule has 1 amide bonds. The zero-order valence-corrected chi connectivity index (χ0v) is 19.1. The van der Waals surface area contributed by atoms with Gasteiger partial charge < -0.3 is 14.6 Å². The van der Waals surface area contributed by atoms with Crippen LogP contribution in [0.15, 0.2) is 52.2 Å². The average molecular weight is 517 g/mol. The molecule has 37 heavy (non-hydrogen) atoms. The summed E-state index contributed by atoms with van der Waals surface area (Å²) in [6.07, 6.45) is -6.11. The first kappa shape index (κ1) is 24.2. The van der Waals surface area contributed by atoms with E-state index in [-0.39, 0.29) is 36.3 Å². The van der Waals surface area contributed by atoms with Crippen molar-refractivity contribution in [1.82, 2.24) is 9.13 Å². The quantitative estimate of drug-likeness (QED) is 0.526. The lowest BCUT2D eigenvalue weighted by Crippen LogP contribution is -2.42. The minimum atomic E-state index is -4.63. The predicted molar refractivity (Wildman–Crippen MR) is 121 cm³/mol. The minimum Gasteiger partial charge on any atom is -0.449 e. The van der Waals surface area contributed by atoms with Gasteiger partial charge in [-0.25, -0.2) is 19.0 Å². The van der Waals surface area contributed by atoms with Crippen LogP contribution in [0.3, 0.4) is 0 Å². The largest absolute Gasteiger partial charge is 0.511 e. The smallest absolute Gasteiger partial charge is 0.449 e. The molecule has 2 aliphatic rings. The van der Waals surface area contributed by atoms with Gasteiger partial charge in [0.2, 0.25) is 5.75 Å². The van der Waals surface area contributed by atoms with E-state index in [4.69, 9.17) is 9.84 Å². The lowest BCUT2D eigenvalue weighted by molar-refractivity contribution is -0.138. The molecular weight excluding hydrogens is 499 g/mol. The molecule has 1 atom stereocenters. The van der Waals surface area contributed by atoms with Gasteiger partial charge in [0.05, 0.1) is 29.2 Å². The van der Waals surface area contributed by atoms with E-state index in [2.05, 4.69) is 4.74 Å². The number of ether oxygens (including phenoxy) is 2. The number of halogens is 3. The maximum absolute atomic E-state index is 13.6. The molecule has 0 saturated carbocycles. The lowest BCUT2D eigenvalue weighted by Gasteiger charge is -2.26. The summed E-state index contributed by atoms with van der Waals surface area (Å²) in [5.41, 5.74) is -1.48. The Morgan fingerprint density at radius 2 is 1.92 bits per heavy atom. The van der Waals surface area contributed by atoms with Crippen LogP contribution in [0.2, 0.25) is 0 Å². The summed E-state index contributed by atoms with van der Waals surface area (Å²) < 4.78 is 52.1. The van der Waals surface area contributed by atoms with E-state index >= 15 is 0 Å². The Morgan fingerprint density at radius 3 is 2.62 bits per heavy atom. The number of hydrogen-bond donors (Lipinski definition) is 1. The molecule has 0 saturated heterocycles. The van der Waals surface area contributed by atoms with Gasteiger partial charge in [-0.05, 0) is 48.2 Å². The predicted octanol–water partition coefficient (Wildman–Crippen LogP) is 3.70. The summed E-state index contributed by atoms with van der Waals surface area (Å²) in [4.78, 5) is 51.1. The fourth-order valence-electron chi connectivity index (χ4n) is 4.84. The standard InChI is InChI=1S/C24H18F3N3O7/c1-28-17-7-5-13(9-12(17)11-36-22(28)33)29-10-19(37-23(34)35)20(31)30(21(29)32)18-8-6-14-15(18)3-2-4-16(14)24(25,26)27/h2-5,7,9-10,18H,6,8,11H2,1H3,(H,34,35)/t18-/m1/s1. The molecule has 192 valence electrons. The van der Waals surface area contributed by atoms with Gasteiger partial charge in [-0.15, -0.1) is 0 Å². The molecule has 3 aromatic rings. The van der Waals surface area contributed by atoms with E-state index in [9.17, 15) is 32.3 Å². The molecular formula is C24H18F3N3O7. The Morgan fingerprint density at radius 1 is 1.16 bits per heavy atom. The SMILES string of the molecule is CN1C(=O)OCc2cc(-n3cc(OC(=O)O)c(=O)n([C@@H]4CCc5c4cccc5C(F)(F)F)c3=O)ccc21. The monoisotopic (exact) mass is 517 g/mol. The minimum absolute atomic E-state index is 0.0129. The van der Waals surface area contributed by atoms with Crippen LogP contribution in [-0.2, 0) is 23.9 Å². The Labute approximate surface area is 205 Å². The molecule has 10 nitrogen and oxygen atoms in total. The number of carboxylic acid groups (broad SMARTS) is 1. The molecule has 0 unspecified atom stereocenters. The van der Waals surface area contributed by atoms with Gasteiger partial charge >= 0.3 is 24.1 Å². The molecule has 0 bridgehead atoms. The number of anilines is 1. The number of benzene rings is 2. The highest BCUT2D eigenvalue weighted by Gasteiger charge is 2.38. The molecule has 0 spiro atoms. The van der Waals surface area contributed by atoms with Crippen molar-refractivity contribution in [3.63, 3.8) is 0 Å². The van der Waals surface area contributed by atoms with Crippen LogP contribution < -0.4 is 20.9 Å². The topological polar surface area (TPSA) is 120 Å². The summed E-state index contributed by atoms with van der Waals surface area (Å²) in [7, 11) is 1.50. The normalized spacial score (nSPS) is 16.7. The maximum Gasteiger partial charge on any atom is 0.511 e. The zero-order chi connectivity index (χ0) is 26.6. The fraction of sp³-hybridized carbons (Fsp3) is 0.250. The molecule has 1 N–H and O–H groups in total. The summed E-state index contributed by atoms with van der Waals surface area (Å²) in [6.45, 7) is -0.0879. The van der Waals surface area contributed by atoms with Gasteiger partial charge in [-0.2, -0.15) is 13.2 Å². The number of amides is 1. The molecule has 1 aliphatic heterocycles. The third-order valence-electron chi connectivity index (χ3n) is 6.47. The van der Waals surface area contributed by atoms with Crippen molar-refractivity contribution in [2.24, 2.45) is 0 Å². The zero-order valence-electron chi connectivity index (χ0n) is 19.1. The van der Waals surface area contributed by atoms with E-state index in [0.29, 0.717) is 11.3 Å². The summed E-state index contributed by atoms with van der Waals surface area (Å²) >= 11 is 0. The second kappa shape index (κ2) is 8.54. The molecule has 0 fully saturated rings. The van der Waals surface area contributed by atoms with Gasteiger partial charge in [-0.1, -0.05) is 12.1 Å². The van der Waals surface area contributed by atoms with E-state index in [0.717, 1.165) is 21.4 Å². The van der Waals surface area contributed by atoms with Gasteiger partial charge in [0.15, 0.2) is 0 Å². The van der Waals surface area contributed by atoms with Crippen molar-refractivity contribution >= 4 is 17.9 Å². The van der Waals surface area contributed by atoms with E-state index in [1.54, 1.807) is 6.07 Å². The molecule has 2 heterocycles. The third-order valence-corrected chi connectivity index (χ3v) is 6.47. The van der Waals surface area contributed by atoms with Crippen molar-refractivity contribution < 1.29 is 37.3 Å². The van der Waals surface area contributed by atoms with Crippen LogP contribution in [0.5, 0.6) is 5.75 Å². The van der Waals surface area contributed by atoms with E-state index in [1.807, 2.05) is 0 Å².